The highest BCUT2D eigenvalue weighted by Crippen LogP contribution is 2.16. The fraction of sp³-hybridized carbons (Fsp3) is 0.891. The number of carbonyl (C=O) groups is 1. The lowest BCUT2D eigenvalue weighted by atomic mass is 10.0. The second kappa shape index (κ2) is 41.6. The fourth-order valence-electron chi connectivity index (χ4n) is 6.97. The Hall–Kier alpha value is -1.17. The second-order valence-electron chi connectivity index (χ2n) is 15.6. The highest BCUT2D eigenvalue weighted by molar-refractivity contribution is 5.80. The van der Waals surface area contributed by atoms with Gasteiger partial charge in [-0.25, -0.2) is 0 Å². The number of unbranched alkanes of at least 4 members (excludes halogenated alkanes) is 31. The first-order valence-electron chi connectivity index (χ1n) is 22.7. The number of rotatable bonds is 41. The maximum absolute atomic E-state index is 12.5. The minimum Gasteiger partial charge on any atom is -0.394 e. The van der Waals surface area contributed by atoms with E-state index in [0.717, 1.165) is 38.5 Å². The molecule has 0 aliphatic rings. The van der Waals surface area contributed by atoms with E-state index in [2.05, 4.69) is 31.3 Å². The monoisotopic (exact) mass is 720 g/mol. The lowest BCUT2D eigenvalue weighted by Gasteiger charge is -2.21. The van der Waals surface area contributed by atoms with Crippen molar-refractivity contribution in [2.45, 2.75) is 257 Å². The van der Waals surface area contributed by atoms with Gasteiger partial charge in [-0.15, -0.1) is 0 Å². The van der Waals surface area contributed by atoms with Crippen molar-refractivity contribution in [1.82, 2.24) is 5.32 Å². The predicted molar refractivity (Wildman–Crippen MR) is 222 cm³/mol. The summed E-state index contributed by atoms with van der Waals surface area (Å²) >= 11 is 0. The van der Waals surface area contributed by atoms with Crippen molar-refractivity contribution in [3.05, 3.63) is 24.3 Å². The number of nitrogens with one attached hydrogen (secondary N) is 1. The molecule has 0 bridgehead atoms. The zero-order valence-corrected chi connectivity index (χ0v) is 34.2. The maximum atomic E-state index is 12.5. The molecule has 0 aromatic carbocycles. The Labute approximate surface area is 318 Å². The van der Waals surface area contributed by atoms with Crippen molar-refractivity contribution < 1.29 is 20.1 Å². The number of carbonyl (C=O) groups excluding carboxylic acids is 1. The number of amides is 1. The van der Waals surface area contributed by atoms with Crippen molar-refractivity contribution in [1.29, 1.82) is 0 Å². The van der Waals surface area contributed by atoms with E-state index in [1.165, 1.54) is 180 Å². The normalized spacial score (nSPS) is 13.7. The largest absolute Gasteiger partial charge is 0.394 e. The van der Waals surface area contributed by atoms with Gasteiger partial charge >= 0.3 is 0 Å². The predicted octanol–water partition coefficient (Wildman–Crippen LogP) is 13.0. The zero-order chi connectivity index (χ0) is 37.3. The summed E-state index contributed by atoms with van der Waals surface area (Å²) in [6.07, 6.45) is 50.8. The summed E-state index contributed by atoms with van der Waals surface area (Å²) in [5, 5.41) is 33.1. The number of allylic oxidation sites excluding steroid dienone is 3. The smallest absolute Gasteiger partial charge is 0.249 e. The molecule has 0 aliphatic heterocycles. The van der Waals surface area contributed by atoms with Gasteiger partial charge in [0.1, 0.15) is 6.10 Å². The summed E-state index contributed by atoms with van der Waals surface area (Å²) in [7, 11) is 0. The minimum atomic E-state index is -1.10. The van der Waals surface area contributed by atoms with Gasteiger partial charge in [-0.1, -0.05) is 231 Å². The highest BCUT2D eigenvalue weighted by atomic mass is 16.3. The number of hydrogen-bond acceptors (Lipinski definition) is 4. The van der Waals surface area contributed by atoms with Gasteiger partial charge in [0, 0.05) is 0 Å². The van der Waals surface area contributed by atoms with E-state index in [4.69, 9.17) is 0 Å². The Bertz CT molecular complexity index is 754. The Morgan fingerprint density at radius 2 is 0.804 bits per heavy atom. The molecule has 0 rings (SSSR count). The zero-order valence-electron chi connectivity index (χ0n) is 34.2. The van der Waals surface area contributed by atoms with Gasteiger partial charge in [0.2, 0.25) is 5.91 Å². The Kier molecular flexibility index (Phi) is 40.6. The molecular formula is C46H89NO4. The standard InChI is InChI=1S/C46H89NO4/c1-3-5-7-9-11-13-15-17-19-20-21-22-23-24-25-26-27-29-31-33-35-37-39-41-45(50)46(51)47-43(42-48)44(49)40-38-36-34-32-30-28-18-16-14-12-10-8-6-4-2/h30,32,38,40,43-45,48-50H,3-29,31,33-37,39,41-42H2,1-2H3,(H,47,51)/b32-30+,40-38+. The molecule has 3 unspecified atom stereocenters. The summed E-state index contributed by atoms with van der Waals surface area (Å²) in [4.78, 5) is 12.5. The van der Waals surface area contributed by atoms with E-state index >= 15 is 0 Å². The fourth-order valence-corrected chi connectivity index (χ4v) is 6.97. The van der Waals surface area contributed by atoms with Crippen molar-refractivity contribution in [3.8, 4) is 0 Å². The van der Waals surface area contributed by atoms with E-state index < -0.39 is 24.2 Å². The summed E-state index contributed by atoms with van der Waals surface area (Å²) in [5.74, 6) is -0.510. The molecule has 51 heavy (non-hydrogen) atoms. The van der Waals surface area contributed by atoms with E-state index in [1.807, 2.05) is 6.08 Å². The van der Waals surface area contributed by atoms with Crippen LogP contribution in [0.1, 0.15) is 239 Å². The Balaban J connectivity index is 3.62. The van der Waals surface area contributed by atoms with Gasteiger partial charge in [0.25, 0.3) is 0 Å². The van der Waals surface area contributed by atoms with E-state index in [0.29, 0.717) is 6.42 Å². The molecule has 4 N–H and O–H groups in total. The molecule has 302 valence electrons. The van der Waals surface area contributed by atoms with Crippen LogP contribution in [0, 0.1) is 0 Å². The van der Waals surface area contributed by atoms with Crippen LogP contribution in [0.15, 0.2) is 24.3 Å². The van der Waals surface area contributed by atoms with Gasteiger partial charge in [-0.3, -0.25) is 4.79 Å². The first kappa shape index (κ1) is 49.8. The minimum absolute atomic E-state index is 0.373. The molecule has 0 radical (unpaired) electrons. The van der Waals surface area contributed by atoms with Crippen LogP contribution in [0.2, 0.25) is 0 Å². The molecular weight excluding hydrogens is 631 g/mol. The molecule has 0 aliphatic carbocycles. The third-order valence-electron chi connectivity index (χ3n) is 10.5. The quantitative estimate of drug-likeness (QED) is 0.0374. The summed E-state index contributed by atoms with van der Waals surface area (Å²) in [5.41, 5.74) is 0. The van der Waals surface area contributed by atoms with Crippen LogP contribution in [0.3, 0.4) is 0 Å². The first-order chi connectivity index (χ1) is 25.1. The van der Waals surface area contributed by atoms with Gasteiger partial charge in [-0.05, 0) is 32.1 Å². The average Bonchev–Trinajstić information content (AvgIpc) is 3.13. The SMILES string of the molecule is CCCCCCCCCC/C=C/CC/C=C/C(O)C(CO)NC(=O)C(O)CCCCCCCCCCCCCCCCCCCCCCCCC. The molecule has 0 saturated carbocycles. The third-order valence-corrected chi connectivity index (χ3v) is 10.5. The lowest BCUT2D eigenvalue weighted by Crippen LogP contribution is -2.48. The van der Waals surface area contributed by atoms with E-state index in [9.17, 15) is 20.1 Å². The Morgan fingerprint density at radius 1 is 0.471 bits per heavy atom. The number of aliphatic hydroxyl groups is 3. The van der Waals surface area contributed by atoms with Gasteiger partial charge in [0.15, 0.2) is 0 Å². The van der Waals surface area contributed by atoms with Crippen LogP contribution >= 0.6 is 0 Å². The molecule has 0 heterocycles. The maximum Gasteiger partial charge on any atom is 0.249 e. The number of aliphatic hydroxyl groups excluding tert-OH is 3. The van der Waals surface area contributed by atoms with E-state index in [1.54, 1.807) is 6.08 Å². The molecule has 0 fully saturated rings. The molecule has 1 amide bonds. The number of hydrogen-bond donors (Lipinski definition) is 4. The van der Waals surface area contributed by atoms with E-state index in [-0.39, 0.29) is 6.61 Å². The van der Waals surface area contributed by atoms with Crippen molar-refractivity contribution in [3.63, 3.8) is 0 Å². The average molecular weight is 720 g/mol. The van der Waals surface area contributed by atoms with Crippen molar-refractivity contribution >= 4 is 5.91 Å². The molecule has 0 aromatic heterocycles. The molecule has 0 spiro atoms. The molecule has 3 atom stereocenters. The lowest BCUT2D eigenvalue weighted by molar-refractivity contribution is -0.131. The van der Waals surface area contributed by atoms with Crippen LogP contribution in [0.25, 0.3) is 0 Å². The molecule has 0 saturated heterocycles. The molecule has 5 nitrogen and oxygen atoms in total. The summed E-state index contributed by atoms with van der Waals surface area (Å²) in [6.45, 7) is 4.17. The van der Waals surface area contributed by atoms with Crippen LogP contribution in [-0.2, 0) is 4.79 Å². The highest BCUT2D eigenvalue weighted by Gasteiger charge is 2.22. The second-order valence-corrected chi connectivity index (χ2v) is 15.6. The van der Waals surface area contributed by atoms with Crippen LogP contribution in [0.4, 0.5) is 0 Å². The summed E-state index contributed by atoms with van der Waals surface area (Å²) < 4.78 is 0. The van der Waals surface area contributed by atoms with Gasteiger partial charge < -0.3 is 20.6 Å². The first-order valence-corrected chi connectivity index (χ1v) is 22.7. The van der Waals surface area contributed by atoms with Crippen LogP contribution in [-0.4, -0.2) is 46.1 Å². The summed E-state index contributed by atoms with van der Waals surface area (Å²) in [6, 6.07) is -0.810. The topological polar surface area (TPSA) is 89.8 Å². The van der Waals surface area contributed by atoms with Crippen LogP contribution < -0.4 is 5.32 Å². The van der Waals surface area contributed by atoms with Gasteiger partial charge in [0.05, 0.1) is 18.8 Å². The van der Waals surface area contributed by atoms with Crippen LogP contribution in [0.5, 0.6) is 0 Å². The Morgan fingerprint density at radius 3 is 1.20 bits per heavy atom. The third kappa shape index (κ3) is 37.0. The van der Waals surface area contributed by atoms with Gasteiger partial charge in [-0.2, -0.15) is 0 Å². The van der Waals surface area contributed by atoms with Crippen molar-refractivity contribution in [2.24, 2.45) is 0 Å². The molecule has 5 heteroatoms. The van der Waals surface area contributed by atoms with Crippen molar-refractivity contribution in [2.75, 3.05) is 6.61 Å². The molecule has 0 aromatic rings.